The molecule has 24 heavy (non-hydrogen) atoms. The predicted molar refractivity (Wildman–Crippen MR) is 86.4 cm³/mol. The number of rotatable bonds is 5. The number of Topliss-reactive ketones (excluding diaryl/α,β-unsaturated/α-hetero) is 1. The monoisotopic (exact) mass is 329 g/mol. The van der Waals surface area contributed by atoms with Crippen molar-refractivity contribution in [3.05, 3.63) is 65.5 Å². The van der Waals surface area contributed by atoms with Gasteiger partial charge in [-0.15, -0.1) is 0 Å². The molecule has 0 aliphatic carbocycles. The summed E-state index contributed by atoms with van der Waals surface area (Å²) in [7, 11) is 0. The van der Waals surface area contributed by atoms with Crippen LogP contribution in [0, 0.1) is 5.82 Å². The molecule has 6 heteroatoms. The molecule has 2 rings (SSSR count). The predicted octanol–water partition coefficient (Wildman–Crippen LogP) is 3.21. The first-order valence-electron chi connectivity index (χ1n) is 7.25. The number of anilines is 1. The summed E-state index contributed by atoms with van der Waals surface area (Å²) in [6, 6.07) is 11.2. The average Bonchev–Trinajstić information content (AvgIpc) is 2.54. The normalized spacial score (nSPS) is 11.5. The zero-order chi connectivity index (χ0) is 17.7. The van der Waals surface area contributed by atoms with Gasteiger partial charge in [-0.1, -0.05) is 6.07 Å². The van der Waals surface area contributed by atoms with E-state index in [1.165, 1.54) is 50.2 Å². The molecular formula is C18H16FNO4. The molecule has 1 N–H and O–H groups in total. The molecule has 0 fully saturated rings. The van der Waals surface area contributed by atoms with Gasteiger partial charge in [-0.2, -0.15) is 0 Å². The Balaban J connectivity index is 2.07. The maximum Gasteiger partial charge on any atom is 0.338 e. The van der Waals surface area contributed by atoms with Gasteiger partial charge in [0.1, 0.15) is 5.82 Å². The molecule has 124 valence electrons. The van der Waals surface area contributed by atoms with E-state index >= 15 is 0 Å². The second-order valence-corrected chi connectivity index (χ2v) is 5.18. The van der Waals surface area contributed by atoms with Crippen LogP contribution in [0.15, 0.2) is 48.5 Å². The van der Waals surface area contributed by atoms with Crippen LogP contribution in [0.1, 0.15) is 34.6 Å². The highest BCUT2D eigenvalue weighted by Gasteiger charge is 2.20. The van der Waals surface area contributed by atoms with E-state index in [1.807, 2.05) is 0 Å². The first-order valence-corrected chi connectivity index (χ1v) is 7.25. The van der Waals surface area contributed by atoms with Crippen LogP contribution < -0.4 is 5.32 Å². The second kappa shape index (κ2) is 7.50. The van der Waals surface area contributed by atoms with Crippen molar-refractivity contribution in [2.45, 2.75) is 20.0 Å². The lowest BCUT2D eigenvalue weighted by atomic mass is 10.1. The van der Waals surface area contributed by atoms with Crippen molar-refractivity contribution in [3.63, 3.8) is 0 Å². The summed E-state index contributed by atoms with van der Waals surface area (Å²) in [6.45, 7) is 2.80. The average molecular weight is 329 g/mol. The van der Waals surface area contributed by atoms with E-state index < -0.39 is 23.7 Å². The largest absolute Gasteiger partial charge is 0.451 e. The summed E-state index contributed by atoms with van der Waals surface area (Å²) in [6.07, 6.45) is -1.02. The molecule has 5 nitrogen and oxygen atoms in total. The molecule has 0 aromatic heterocycles. The van der Waals surface area contributed by atoms with E-state index in [-0.39, 0.29) is 17.0 Å². The minimum atomic E-state index is -1.02. The van der Waals surface area contributed by atoms with Crippen molar-refractivity contribution in [1.82, 2.24) is 0 Å². The van der Waals surface area contributed by atoms with E-state index in [2.05, 4.69) is 5.32 Å². The lowest BCUT2D eigenvalue weighted by molar-refractivity contribution is -0.114. The van der Waals surface area contributed by atoms with Crippen LogP contribution in [0.25, 0.3) is 0 Å². The molecule has 0 heterocycles. The van der Waals surface area contributed by atoms with Gasteiger partial charge in [0.25, 0.3) is 0 Å². The molecule has 2 aromatic carbocycles. The Bertz CT molecular complexity index is 771. The van der Waals surface area contributed by atoms with Gasteiger partial charge in [0.15, 0.2) is 6.10 Å². The molecule has 0 bridgehead atoms. The van der Waals surface area contributed by atoms with Gasteiger partial charge >= 0.3 is 5.97 Å². The summed E-state index contributed by atoms with van der Waals surface area (Å²) in [5.41, 5.74) is 0.915. The molecule has 0 saturated heterocycles. The van der Waals surface area contributed by atoms with Gasteiger partial charge in [-0.05, 0) is 49.4 Å². The number of carbonyl (C=O) groups is 3. The van der Waals surface area contributed by atoms with E-state index in [0.717, 1.165) is 0 Å². The van der Waals surface area contributed by atoms with Crippen molar-refractivity contribution in [2.75, 3.05) is 5.32 Å². The fourth-order valence-corrected chi connectivity index (χ4v) is 2.06. The van der Waals surface area contributed by atoms with Gasteiger partial charge in [-0.25, -0.2) is 9.18 Å². The van der Waals surface area contributed by atoms with Crippen LogP contribution in [-0.4, -0.2) is 23.8 Å². The van der Waals surface area contributed by atoms with Crippen molar-refractivity contribution in [3.8, 4) is 0 Å². The third kappa shape index (κ3) is 4.49. The highest BCUT2D eigenvalue weighted by molar-refractivity contribution is 6.01. The second-order valence-electron chi connectivity index (χ2n) is 5.18. The van der Waals surface area contributed by atoms with Gasteiger partial charge in [0.05, 0.1) is 5.56 Å². The fraction of sp³-hybridized carbons (Fsp3) is 0.167. The summed E-state index contributed by atoms with van der Waals surface area (Å²) in [4.78, 5) is 35.4. The molecule has 0 aliphatic heterocycles. The minimum Gasteiger partial charge on any atom is -0.451 e. The number of carbonyl (C=O) groups excluding carboxylic acids is 3. The Morgan fingerprint density at radius 2 is 1.71 bits per heavy atom. The summed E-state index contributed by atoms with van der Waals surface area (Å²) in [5, 5.41) is 2.56. The quantitative estimate of drug-likeness (QED) is 0.675. The lowest BCUT2D eigenvalue weighted by Gasteiger charge is -2.13. The van der Waals surface area contributed by atoms with Crippen molar-refractivity contribution in [2.24, 2.45) is 0 Å². The third-order valence-corrected chi connectivity index (χ3v) is 3.20. The van der Waals surface area contributed by atoms with Crippen LogP contribution in [0.5, 0.6) is 0 Å². The summed E-state index contributed by atoms with van der Waals surface area (Å²) >= 11 is 0. The number of amides is 1. The molecule has 1 amide bonds. The molecule has 2 aromatic rings. The van der Waals surface area contributed by atoms with Crippen molar-refractivity contribution in [1.29, 1.82) is 0 Å². The summed E-state index contributed by atoms with van der Waals surface area (Å²) in [5.74, 6) is -1.84. The first-order chi connectivity index (χ1) is 11.4. The molecule has 0 radical (unpaired) electrons. The standard InChI is InChI=1S/C18H16FNO4/c1-11(17(22)13-6-8-15(19)9-7-13)24-18(23)14-4-3-5-16(10-14)20-12(2)21/h3-11H,1-2H3,(H,20,21)/t11-/m1/s1. The molecule has 0 saturated carbocycles. The fourth-order valence-electron chi connectivity index (χ4n) is 2.06. The highest BCUT2D eigenvalue weighted by Crippen LogP contribution is 2.14. The number of ketones is 1. The number of hydrogen-bond donors (Lipinski definition) is 1. The maximum atomic E-state index is 12.9. The van der Waals surface area contributed by atoms with Crippen LogP contribution in [0.4, 0.5) is 10.1 Å². The SMILES string of the molecule is CC(=O)Nc1cccc(C(=O)O[C@H](C)C(=O)c2ccc(F)cc2)c1. The topological polar surface area (TPSA) is 72.5 Å². The Labute approximate surface area is 138 Å². The van der Waals surface area contributed by atoms with E-state index in [0.29, 0.717) is 5.69 Å². The Kier molecular flexibility index (Phi) is 5.42. The van der Waals surface area contributed by atoms with Gasteiger partial charge in [0, 0.05) is 18.2 Å². The summed E-state index contributed by atoms with van der Waals surface area (Å²) < 4.78 is 18.0. The Hall–Kier alpha value is -3.02. The zero-order valence-corrected chi connectivity index (χ0v) is 13.2. The van der Waals surface area contributed by atoms with E-state index in [9.17, 15) is 18.8 Å². The number of esters is 1. The van der Waals surface area contributed by atoms with Gasteiger partial charge in [-0.3, -0.25) is 9.59 Å². The maximum absolute atomic E-state index is 12.9. The van der Waals surface area contributed by atoms with Crippen LogP contribution in [0.3, 0.4) is 0 Å². The lowest BCUT2D eigenvalue weighted by Crippen LogP contribution is -2.24. The molecule has 0 unspecified atom stereocenters. The van der Waals surface area contributed by atoms with Gasteiger partial charge < -0.3 is 10.1 Å². The number of nitrogens with one attached hydrogen (secondary N) is 1. The smallest absolute Gasteiger partial charge is 0.338 e. The Morgan fingerprint density at radius 3 is 2.33 bits per heavy atom. The van der Waals surface area contributed by atoms with E-state index in [4.69, 9.17) is 4.74 Å². The minimum absolute atomic E-state index is 0.208. The number of benzene rings is 2. The van der Waals surface area contributed by atoms with Gasteiger partial charge in [0.2, 0.25) is 11.7 Å². The molecule has 1 atom stereocenters. The molecular weight excluding hydrogens is 313 g/mol. The van der Waals surface area contributed by atoms with Crippen LogP contribution >= 0.6 is 0 Å². The number of ether oxygens (including phenoxy) is 1. The number of hydrogen-bond acceptors (Lipinski definition) is 4. The Morgan fingerprint density at radius 1 is 1.04 bits per heavy atom. The third-order valence-electron chi connectivity index (χ3n) is 3.20. The molecule has 0 aliphatic rings. The zero-order valence-electron chi connectivity index (χ0n) is 13.2. The van der Waals surface area contributed by atoms with Crippen LogP contribution in [-0.2, 0) is 9.53 Å². The van der Waals surface area contributed by atoms with Crippen molar-refractivity contribution >= 4 is 23.3 Å². The highest BCUT2D eigenvalue weighted by atomic mass is 19.1. The van der Waals surface area contributed by atoms with Crippen LogP contribution in [0.2, 0.25) is 0 Å². The number of halogens is 1. The first kappa shape index (κ1) is 17.3. The van der Waals surface area contributed by atoms with Crippen molar-refractivity contribution < 1.29 is 23.5 Å². The van der Waals surface area contributed by atoms with E-state index in [1.54, 1.807) is 12.1 Å². The molecule has 0 spiro atoms.